The maximum absolute atomic E-state index is 12.3. The number of hydrogen-bond acceptors (Lipinski definition) is 3. The van der Waals surface area contributed by atoms with E-state index >= 15 is 0 Å². The third kappa shape index (κ3) is 3.77. The zero-order valence-electron chi connectivity index (χ0n) is 12.8. The van der Waals surface area contributed by atoms with Gasteiger partial charge in [-0.15, -0.1) is 11.3 Å². The van der Waals surface area contributed by atoms with Crippen LogP contribution in [0, 0.1) is 5.92 Å². The van der Waals surface area contributed by atoms with E-state index in [4.69, 9.17) is 0 Å². The molecule has 1 N–H and O–H groups in total. The Bertz CT molecular complexity index is 454. The predicted molar refractivity (Wildman–Crippen MR) is 86.5 cm³/mol. The van der Waals surface area contributed by atoms with Crippen molar-refractivity contribution in [3.05, 3.63) is 22.4 Å². The molecule has 2 fully saturated rings. The number of urea groups is 1. The second kappa shape index (κ2) is 6.79. The SMILES string of the molecule is CC1CCCC1NC(=O)N1CCN(Cc2cccs2)CC1. The number of carbonyl (C=O) groups excluding carboxylic acids is 1. The minimum atomic E-state index is 0.143. The Morgan fingerprint density at radius 1 is 1.33 bits per heavy atom. The van der Waals surface area contributed by atoms with Gasteiger partial charge < -0.3 is 10.2 Å². The smallest absolute Gasteiger partial charge is 0.317 e. The molecule has 21 heavy (non-hydrogen) atoms. The van der Waals surface area contributed by atoms with Crippen molar-refractivity contribution in [1.82, 2.24) is 15.1 Å². The molecule has 4 nitrogen and oxygen atoms in total. The van der Waals surface area contributed by atoms with Gasteiger partial charge in [-0.1, -0.05) is 19.4 Å². The van der Waals surface area contributed by atoms with Gasteiger partial charge in [0.05, 0.1) is 0 Å². The molecule has 1 aliphatic carbocycles. The number of piperazine rings is 1. The summed E-state index contributed by atoms with van der Waals surface area (Å²) in [5.41, 5.74) is 0. The molecule has 2 heterocycles. The quantitative estimate of drug-likeness (QED) is 0.932. The number of amides is 2. The van der Waals surface area contributed by atoms with Crippen molar-refractivity contribution < 1.29 is 4.79 Å². The number of rotatable bonds is 3. The summed E-state index contributed by atoms with van der Waals surface area (Å²) in [6, 6.07) is 4.82. The second-order valence-electron chi connectivity index (χ2n) is 6.31. The molecule has 5 heteroatoms. The van der Waals surface area contributed by atoms with Crippen LogP contribution in [0.15, 0.2) is 17.5 Å². The maximum Gasteiger partial charge on any atom is 0.317 e. The molecule has 1 saturated heterocycles. The first-order valence-electron chi connectivity index (χ1n) is 8.02. The van der Waals surface area contributed by atoms with Gasteiger partial charge in [0.1, 0.15) is 0 Å². The van der Waals surface area contributed by atoms with Crippen molar-refractivity contribution in [2.24, 2.45) is 5.92 Å². The van der Waals surface area contributed by atoms with Gasteiger partial charge in [-0.3, -0.25) is 4.90 Å². The minimum Gasteiger partial charge on any atom is -0.335 e. The van der Waals surface area contributed by atoms with Gasteiger partial charge in [-0.2, -0.15) is 0 Å². The molecule has 3 rings (SSSR count). The zero-order valence-corrected chi connectivity index (χ0v) is 13.6. The van der Waals surface area contributed by atoms with E-state index in [1.54, 1.807) is 0 Å². The topological polar surface area (TPSA) is 35.6 Å². The Balaban J connectivity index is 1.43. The standard InChI is InChI=1S/C16H25N3OS/c1-13-4-2-6-15(13)17-16(20)19-9-7-18(8-10-19)12-14-5-3-11-21-14/h3,5,11,13,15H,2,4,6-10,12H2,1H3,(H,17,20). The summed E-state index contributed by atoms with van der Waals surface area (Å²) in [7, 11) is 0. The summed E-state index contributed by atoms with van der Waals surface area (Å²) >= 11 is 1.81. The molecular weight excluding hydrogens is 282 g/mol. The average molecular weight is 307 g/mol. The van der Waals surface area contributed by atoms with Crippen molar-refractivity contribution in [2.45, 2.75) is 38.8 Å². The lowest BCUT2D eigenvalue weighted by Gasteiger charge is -2.35. The summed E-state index contributed by atoms with van der Waals surface area (Å²) in [5, 5.41) is 5.36. The monoisotopic (exact) mass is 307 g/mol. The summed E-state index contributed by atoms with van der Waals surface area (Å²) < 4.78 is 0. The van der Waals surface area contributed by atoms with Crippen LogP contribution in [-0.4, -0.2) is 48.1 Å². The van der Waals surface area contributed by atoms with Crippen LogP contribution in [0.3, 0.4) is 0 Å². The van der Waals surface area contributed by atoms with E-state index < -0.39 is 0 Å². The molecule has 116 valence electrons. The van der Waals surface area contributed by atoms with Crippen molar-refractivity contribution in [3.63, 3.8) is 0 Å². The molecule has 0 bridgehead atoms. The van der Waals surface area contributed by atoms with Gasteiger partial charge in [0.2, 0.25) is 0 Å². The molecule has 2 unspecified atom stereocenters. The molecule has 2 atom stereocenters. The summed E-state index contributed by atoms with van der Waals surface area (Å²) in [4.78, 5) is 18.2. The Hall–Kier alpha value is -1.07. The fraction of sp³-hybridized carbons (Fsp3) is 0.688. The largest absolute Gasteiger partial charge is 0.335 e. The fourth-order valence-electron chi connectivity index (χ4n) is 3.34. The van der Waals surface area contributed by atoms with E-state index in [9.17, 15) is 4.79 Å². The van der Waals surface area contributed by atoms with Crippen molar-refractivity contribution >= 4 is 17.4 Å². The van der Waals surface area contributed by atoms with Crippen LogP contribution in [0.1, 0.15) is 31.1 Å². The lowest BCUT2D eigenvalue weighted by molar-refractivity contribution is 0.133. The summed E-state index contributed by atoms with van der Waals surface area (Å²) in [6.07, 6.45) is 3.64. The summed E-state index contributed by atoms with van der Waals surface area (Å²) in [5.74, 6) is 0.633. The van der Waals surface area contributed by atoms with E-state index in [1.807, 2.05) is 16.2 Å². The Kier molecular flexibility index (Phi) is 4.80. The van der Waals surface area contributed by atoms with Crippen LogP contribution >= 0.6 is 11.3 Å². The second-order valence-corrected chi connectivity index (χ2v) is 7.34. The van der Waals surface area contributed by atoms with Gasteiger partial charge in [0, 0.05) is 43.6 Å². The third-order valence-corrected chi connectivity index (χ3v) is 5.65. The Labute approximate surface area is 131 Å². The number of nitrogens with zero attached hydrogens (tertiary/aromatic N) is 2. The first kappa shape index (κ1) is 14.9. The van der Waals surface area contributed by atoms with Crippen LogP contribution in [0.5, 0.6) is 0 Å². The van der Waals surface area contributed by atoms with E-state index in [1.165, 1.54) is 17.7 Å². The van der Waals surface area contributed by atoms with E-state index in [0.717, 1.165) is 39.1 Å². The third-order valence-electron chi connectivity index (χ3n) is 4.79. The highest BCUT2D eigenvalue weighted by Gasteiger charge is 2.28. The fourth-order valence-corrected chi connectivity index (χ4v) is 4.09. The van der Waals surface area contributed by atoms with E-state index in [2.05, 4.69) is 34.7 Å². The molecule has 2 amide bonds. The van der Waals surface area contributed by atoms with Gasteiger partial charge >= 0.3 is 6.03 Å². The molecule has 2 aliphatic rings. The molecule has 1 saturated carbocycles. The van der Waals surface area contributed by atoms with Gasteiger partial charge in [-0.25, -0.2) is 4.79 Å². The van der Waals surface area contributed by atoms with Gasteiger partial charge in [-0.05, 0) is 30.2 Å². The van der Waals surface area contributed by atoms with Crippen LogP contribution in [-0.2, 0) is 6.54 Å². The number of hydrogen-bond donors (Lipinski definition) is 1. The lowest BCUT2D eigenvalue weighted by Crippen LogP contribution is -2.53. The van der Waals surface area contributed by atoms with Crippen LogP contribution in [0.4, 0.5) is 4.79 Å². The molecule has 0 aromatic carbocycles. The zero-order chi connectivity index (χ0) is 14.7. The van der Waals surface area contributed by atoms with Gasteiger partial charge in [0.15, 0.2) is 0 Å². The molecular formula is C16H25N3OS. The molecule has 0 radical (unpaired) electrons. The van der Waals surface area contributed by atoms with E-state index in [0.29, 0.717) is 12.0 Å². The highest BCUT2D eigenvalue weighted by Crippen LogP contribution is 2.25. The van der Waals surface area contributed by atoms with Crippen LogP contribution in [0.25, 0.3) is 0 Å². The molecule has 0 spiro atoms. The van der Waals surface area contributed by atoms with Crippen molar-refractivity contribution in [1.29, 1.82) is 0 Å². The summed E-state index contributed by atoms with van der Waals surface area (Å²) in [6.45, 7) is 6.91. The number of nitrogens with one attached hydrogen (secondary N) is 1. The van der Waals surface area contributed by atoms with Crippen molar-refractivity contribution in [3.8, 4) is 0 Å². The molecule has 1 aliphatic heterocycles. The molecule has 1 aromatic rings. The predicted octanol–water partition coefficient (Wildman–Crippen LogP) is 2.76. The Morgan fingerprint density at radius 3 is 2.76 bits per heavy atom. The first-order chi connectivity index (χ1) is 10.2. The number of thiophene rings is 1. The first-order valence-corrected chi connectivity index (χ1v) is 8.90. The normalized spacial score (nSPS) is 27.0. The van der Waals surface area contributed by atoms with E-state index in [-0.39, 0.29) is 6.03 Å². The highest BCUT2D eigenvalue weighted by molar-refractivity contribution is 7.09. The van der Waals surface area contributed by atoms with Crippen molar-refractivity contribution in [2.75, 3.05) is 26.2 Å². The average Bonchev–Trinajstić information content (AvgIpc) is 3.12. The molecule has 1 aromatic heterocycles. The Morgan fingerprint density at radius 2 is 2.14 bits per heavy atom. The van der Waals surface area contributed by atoms with Gasteiger partial charge in [0.25, 0.3) is 0 Å². The maximum atomic E-state index is 12.3. The minimum absolute atomic E-state index is 0.143. The lowest BCUT2D eigenvalue weighted by atomic mass is 10.1. The number of carbonyl (C=O) groups is 1. The highest BCUT2D eigenvalue weighted by atomic mass is 32.1. The van der Waals surface area contributed by atoms with Crippen LogP contribution in [0.2, 0.25) is 0 Å². The van der Waals surface area contributed by atoms with Crippen LogP contribution < -0.4 is 5.32 Å².